The Labute approximate surface area is 111 Å². The van der Waals surface area contributed by atoms with Gasteiger partial charge in [0, 0.05) is 0 Å². The number of phenolic OH excluding ortho intramolecular Hbond substituents is 1. The fraction of sp³-hybridized carbons (Fsp3) is 0.267. The predicted molar refractivity (Wildman–Crippen MR) is 73.9 cm³/mol. The molecule has 0 aliphatic heterocycles. The molecule has 0 aromatic heterocycles. The van der Waals surface area contributed by atoms with Crippen molar-refractivity contribution in [3.05, 3.63) is 42.0 Å². The largest absolute Gasteiger partial charge is 0.508 e. The van der Waals surface area contributed by atoms with Crippen LogP contribution in [0, 0.1) is 0 Å². The van der Waals surface area contributed by atoms with E-state index in [4.69, 9.17) is 10.5 Å². The SMILES string of the molecule is CCOC(=O)C(N)Cc1ccc2cc(O)ccc2c1. The number of esters is 1. The first-order chi connectivity index (χ1) is 9.10. The second kappa shape index (κ2) is 5.71. The van der Waals surface area contributed by atoms with Crippen molar-refractivity contribution < 1.29 is 14.6 Å². The Balaban J connectivity index is 2.17. The third-order valence-corrected chi connectivity index (χ3v) is 2.93. The number of nitrogens with two attached hydrogens (primary N) is 1. The molecular formula is C15H17NO3. The number of phenols is 1. The zero-order chi connectivity index (χ0) is 13.8. The van der Waals surface area contributed by atoms with Crippen molar-refractivity contribution in [1.82, 2.24) is 0 Å². The Morgan fingerprint density at radius 3 is 2.68 bits per heavy atom. The van der Waals surface area contributed by atoms with Crippen molar-refractivity contribution in [2.45, 2.75) is 19.4 Å². The van der Waals surface area contributed by atoms with E-state index in [1.807, 2.05) is 24.3 Å². The highest BCUT2D eigenvalue weighted by Gasteiger charge is 2.15. The minimum Gasteiger partial charge on any atom is -0.508 e. The third-order valence-electron chi connectivity index (χ3n) is 2.93. The predicted octanol–water partition coefficient (Wildman–Crippen LogP) is 1.98. The average molecular weight is 259 g/mol. The summed E-state index contributed by atoms with van der Waals surface area (Å²) >= 11 is 0. The number of carbonyl (C=O) groups excluding carboxylic acids is 1. The number of benzene rings is 2. The van der Waals surface area contributed by atoms with Crippen molar-refractivity contribution in [3.8, 4) is 5.75 Å². The van der Waals surface area contributed by atoms with Crippen LogP contribution in [-0.4, -0.2) is 23.7 Å². The molecule has 0 aliphatic carbocycles. The maximum Gasteiger partial charge on any atom is 0.323 e. The van der Waals surface area contributed by atoms with Crippen LogP contribution in [0.4, 0.5) is 0 Å². The van der Waals surface area contributed by atoms with E-state index < -0.39 is 6.04 Å². The number of rotatable bonds is 4. The number of hydrogen-bond acceptors (Lipinski definition) is 4. The Morgan fingerprint density at radius 1 is 1.26 bits per heavy atom. The number of hydrogen-bond donors (Lipinski definition) is 2. The summed E-state index contributed by atoms with van der Waals surface area (Å²) < 4.78 is 4.88. The highest BCUT2D eigenvalue weighted by atomic mass is 16.5. The smallest absolute Gasteiger partial charge is 0.323 e. The Kier molecular flexibility index (Phi) is 4.02. The topological polar surface area (TPSA) is 72.5 Å². The molecule has 0 saturated carbocycles. The van der Waals surface area contributed by atoms with Crippen molar-refractivity contribution >= 4 is 16.7 Å². The Hall–Kier alpha value is -2.07. The molecule has 0 spiro atoms. The molecule has 100 valence electrons. The van der Waals surface area contributed by atoms with Gasteiger partial charge in [0.1, 0.15) is 11.8 Å². The summed E-state index contributed by atoms with van der Waals surface area (Å²) in [6, 6.07) is 10.3. The van der Waals surface area contributed by atoms with E-state index in [1.165, 1.54) is 0 Å². The molecule has 0 aliphatic rings. The van der Waals surface area contributed by atoms with Gasteiger partial charge in [-0.25, -0.2) is 0 Å². The Morgan fingerprint density at radius 2 is 1.95 bits per heavy atom. The van der Waals surface area contributed by atoms with Crippen LogP contribution in [0.1, 0.15) is 12.5 Å². The second-order valence-electron chi connectivity index (χ2n) is 4.43. The summed E-state index contributed by atoms with van der Waals surface area (Å²) in [5, 5.41) is 11.4. The minimum atomic E-state index is -0.644. The van der Waals surface area contributed by atoms with Crippen LogP contribution in [0.2, 0.25) is 0 Å². The highest BCUT2D eigenvalue weighted by molar-refractivity contribution is 5.84. The zero-order valence-corrected chi connectivity index (χ0v) is 10.8. The first kappa shape index (κ1) is 13.4. The molecule has 0 amide bonds. The Bertz CT molecular complexity index is 595. The molecule has 0 radical (unpaired) electrons. The van der Waals surface area contributed by atoms with Gasteiger partial charge in [0.15, 0.2) is 0 Å². The van der Waals surface area contributed by atoms with Gasteiger partial charge in [-0.15, -0.1) is 0 Å². The molecule has 2 rings (SSSR count). The van der Waals surface area contributed by atoms with Gasteiger partial charge in [-0.1, -0.05) is 24.3 Å². The lowest BCUT2D eigenvalue weighted by atomic mass is 10.0. The van der Waals surface area contributed by atoms with Crippen molar-refractivity contribution in [3.63, 3.8) is 0 Å². The van der Waals surface area contributed by atoms with Crippen molar-refractivity contribution in [1.29, 1.82) is 0 Å². The van der Waals surface area contributed by atoms with E-state index in [-0.39, 0.29) is 11.7 Å². The van der Waals surface area contributed by atoms with Gasteiger partial charge in [-0.3, -0.25) is 4.79 Å². The van der Waals surface area contributed by atoms with E-state index in [2.05, 4.69) is 0 Å². The van der Waals surface area contributed by atoms with Gasteiger partial charge < -0.3 is 15.6 Å². The van der Waals surface area contributed by atoms with Gasteiger partial charge >= 0.3 is 5.97 Å². The highest BCUT2D eigenvalue weighted by Crippen LogP contribution is 2.21. The molecule has 0 heterocycles. The van der Waals surface area contributed by atoms with E-state index in [1.54, 1.807) is 19.1 Å². The zero-order valence-electron chi connectivity index (χ0n) is 10.8. The molecule has 4 heteroatoms. The monoisotopic (exact) mass is 259 g/mol. The number of carbonyl (C=O) groups is 1. The van der Waals surface area contributed by atoms with E-state index >= 15 is 0 Å². The molecule has 0 fully saturated rings. The summed E-state index contributed by atoms with van der Waals surface area (Å²) in [6.45, 7) is 2.09. The maximum absolute atomic E-state index is 11.5. The summed E-state index contributed by atoms with van der Waals surface area (Å²) in [5.74, 6) is -0.142. The van der Waals surface area contributed by atoms with Crippen molar-refractivity contribution in [2.24, 2.45) is 5.73 Å². The first-order valence-corrected chi connectivity index (χ1v) is 6.24. The number of aromatic hydroxyl groups is 1. The van der Waals surface area contributed by atoms with Gasteiger partial charge in [-0.2, -0.15) is 0 Å². The van der Waals surface area contributed by atoms with Crippen LogP contribution < -0.4 is 5.73 Å². The van der Waals surface area contributed by atoms with Crippen LogP contribution in [0.25, 0.3) is 10.8 Å². The molecule has 19 heavy (non-hydrogen) atoms. The molecular weight excluding hydrogens is 242 g/mol. The lowest BCUT2D eigenvalue weighted by Crippen LogP contribution is -2.34. The average Bonchev–Trinajstić information content (AvgIpc) is 2.39. The van der Waals surface area contributed by atoms with Crippen LogP contribution in [0.5, 0.6) is 5.75 Å². The minimum absolute atomic E-state index is 0.239. The normalized spacial score (nSPS) is 12.3. The molecule has 0 bridgehead atoms. The summed E-state index contributed by atoms with van der Waals surface area (Å²) in [6.07, 6.45) is 0.440. The molecule has 3 N–H and O–H groups in total. The second-order valence-corrected chi connectivity index (χ2v) is 4.43. The number of ether oxygens (including phenoxy) is 1. The summed E-state index contributed by atoms with van der Waals surface area (Å²) in [7, 11) is 0. The fourth-order valence-corrected chi connectivity index (χ4v) is 2.00. The lowest BCUT2D eigenvalue weighted by Gasteiger charge is -2.11. The van der Waals surface area contributed by atoms with E-state index in [0.717, 1.165) is 16.3 Å². The first-order valence-electron chi connectivity index (χ1n) is 6.24. The van der Waals surface area contributed by atoms with Gasteiger partial charge in [0.25, 0.3) is 0 Å². The molecule has 2 aromatic rings. The van der Waals surface area contributed by atoms with Crippen LogP contribution >= 0.6 is 0 Å². The lowest BCUT2D eigenvalue weighted by molar-refractivity contribution is -0.144. The van der Waals surface area contributed by atoms with Crippen LogP contribution in [0.3, 0.4) is 0 Å². The van der Waals surface area contributed by atoms with Gasteiger partial charge in [0.05, 0.1) is 6.61 Å². The molecule has 2 aromatic carbocycles. The molecule has 1 unspecified atom stereocenters. The standard InChI is InChI=1S/C15H17NO3/c1-2-19-15(18)14(16)8-10-3-4-12-9-13(17)6-5-11(12)7-10/h3-7,9,14,17H,2,8,16H2,1H3. The quantitative estimate of drug-likeness (QED) is 0.823. The van der Waals surface area contributed by atoms with E-state index in [0.29, 0.717) is 13.0 Å². The molecule has 4 nitrogen and oxygen atoms in total. The van der Waals surface area contributed by atoms with Crippen LogP contribution in [0.15, 0.2) is 36.4 Å². The molecule has 0 saturated heterocycles. The fourth-order valence-electron chi connectivity index (χ4n) is 2.00. The van der Waals surface area contributed by atoms with Crippen LogP contribution in [-0.2, 0) is 16.0 Å². The molecule has 1 atom stereocenters. The third kappa shape index (κ3) is 3.23. The summed E-state index contributed by atoms with van der Waals surface area (Å²) in [5.41, 5.74) is 6.76. The van der Waals surface area contributed by atoms with E-state index in [9.17, 15) is 9.90 Å². The van der Waals surface area contributed by atoms with Gasteiger partial charge in [0.2, 0.25) is 0 Å². The summed E-state index contributed by atoms with van der Waals surface area (Å²) in [4.78, 5) is 11.5. The van der Waals surface area contributed by atoms with Crippen molar-refractivity contribution in [2.75, 3.05) is 6.61 Å². The number of fused-ring (bicyclic) bond motifs is 1. The maximum atomic E-state index is 11.5. The van der Waals surface area contributed by atoms with Gasteiger partial charge in [-0.05, 0) is 41.8 Å².